The van der Waals surface area contributed by atoms with Gasteiger partial charge in [-0.2, -0.15) is 0 Å². The Kier molecular flexibility index (Phi) is 11.5. The van der Waals surface area contributed by atoms with E-state index in [1.807, 2.05) is 25.9 Å². The van der Waals surface area contributed by atoms with Crippen LogP contribution >= 0.6 is 0 Å². The number of ether oxygens (including phenoxy) is 4. The van der Waals surface area contributed by atoms with Crippen molar-refractivity contribution < 1.29 is 48.7 Å². The summed E-state index contributed by atoms with van der Waals surface area (Å²) in [5.41, 5.74) is -2.47. The standard InChI is InChI=1S/C31H51NO10/c1-9-24-31(6,38)29-30(5,42-29)12-10-22(34)17(2)14-20(11-13-33)27(19(4)23(35)16-25(36)40-24)41-28-26(37)21(32(7)8)15-18(3)39-28/h10,12-13,17-21,23-24,26-29,35,37-38H,9,11,14-16H2,1-8H3/b12-10+/t17-,18-,19+,20+,21+,23-,24-,26-,27-,28+,29-,30+,31-/m1/s1. The molecule has 0 aliphatic carbocycles. The van der Waals surface area contributed by atoms with Crippen molar-refractivity contribution in [3.8, 4) is 0 Å². The quantitative estimate of drug-likeness (QED) is 0.233. The number of ketones is 1. The number of rotatable bonds is 6. The molecule has 2 fully saturated rings. The number of nitrogens with zero attached hydrogens (tertiary/aromatic N) is 1. The van der Waals surface area contributed by atoms with Gasteiger partial charge in [-0.1, -0.05) is 20.8 Å². The molecule has 0 spiro atoms. The Hall–Kier alpha value is -1.73. The van der Waals surface area contributed by atoms with Crippen LogP contribution in [0.2, 0.25) is 0 Å². The SMILES string of the molecule is CC[C@H]1OC(=O)C[C@@H](O)[C@H](C)[C@@H](O[C@@H]2O[C@H](C)C[C@H](N(C)C)[C@H]2O)[C@@H](CC=O)C[C@@H](C)C(=O)/C=C/[C@]2(C)O[C@H]2[C@]1(C)O. The van der Waals surface area contributed by atoms with Crippen LogP contribution in [0.15, 0.2) is 12.2 Å². The third kappa shape index (κ3) is 7.85. The molecule has 0 saturated carbocycles. The van der Waals surface area contributed by atoms with Gasteiger partial charge in [-0.3, -0.25) is 9.59 Å². The Morgan fingerprint density at radius 2 is 1.81 bits per heavy atom. The van der Waals surface area contributed by atoms with E-state index in [9.17, 15) is 29.7 Å². The van der Waals surface area contributed by atoms with E-state index < -0.39 is 71.7 Å². The first kappa shape index (κ1) is 34.8. The monoisotopic (exact) mass is 597 g/mol. The summed E-state index contributed by atoms with van der Waals surface area (Å²) in [5.74, 6) is -2.65. The number of aldehydes is 1. The summed E-state index contributed by atoms with van der Waals surface area (Å²) >= 11 is 0. The zero-order chi connectivity index (χ0) is 31.6. The number of hydrogen-bond donors (Lipinski definition) is 3. The topological polar surface area (TPSA) is 155 Å². The van der Waals surface area contributed by atoms with Crippen molar-refractivity contribution in [2.45, 2.75) is 134 Å². The van der Waals surface area contributed by atoms with Gasteiger partial charge in [-0.25, -0.2) is 0 Å². The van der Waals surface area contributed by atoms with Crippen molar-refractivity contribution in [1.82, 2.24) is 4.90 Å². The van der Waals surface area contributed by atoms with Gasteiger partial charge in [0.05, 0.1) is 24.7 Å². The highest BCUT2D eigenvalue weighted by atomic mass is 16.7. The molecule has 2 saturated heterocycles. The maximum Gasteiger partial charge on any atom is 0.308 e. The molecule has 3 heterocycles. The van der Waals surface area contributed by atoms with E-state index in [1.54, 1.807) is 33.8 Å². The predicted octanol–water partition coefficient (Wildman–Crippen LogP) is 1.79. The zero-order valence-corrected chi connectivity index (χ0v) is 26.3. The molecule has 3 aliphatic rings. The smallest absolute Gasteiger partial charge is 0.308 e. The lowest BCUT2D eigenvalue weighted by atomic mass is 9.79. The summed E-state index contributed by atoms with van der Waals surface area (Å²) in [6, 6.07) is -0.246. The van der Waals surface area contributed by atoms with Crippen LogP contribution in [0.1, 0.15) is 73.6 Å². The molecule has 3 aliphatic heterocycles. The number of fused-ring (bicyclic) bond motifs is 1. The van der Waals surface area contributed by atoms with Gasteiger partial charge in [0.15, 0.2) is 12.1 Å². The number of hydrogen-bond acceptors (Lipinski definition) is 11. The molecule has 0 unspecified atom stereocenters. The van der Waals surface area contributed by atoms with Crippen molar-refractivity contribution in [2.24, 2.45) is 17.8 Å². The van der Waals surface area contributed by atoms with E-state index in [-0.39, 0.29) is 37.2 Å². The van der Waals surface area contributed by atoms with Gasteiger partial charge in [0.25, 0.3) is 0 Å². The minimum absolute atomic E-state index is 0.0344. The molecule has 240 valence electrons. The summed E-state index contributed by atoms with van der Waals surface area (Å²) in [6.45, 7) is 10.4. The number of allylic oxidation sites excluding steroid dienone is 1. The lowest BCUT2D eigenvalue weighted by Gasteiger charge is -2.44. The van der Waals surface area contributed by atoms with Crippen molar-refractivity contribution in [1.29, 1.82) is 0 Å². The molecule has 0 aromatic carbocycles. The van der Waals surface area contributed by atoms with Crippen LogP contribution in [0.25, 0.3) is 0 Å². The third-order valence-corrected chi connectivity index (χ3v) is 9.31. The first-order valence-electron chi connectivity index (χ1n) is 15.1. The van der Waals surface area contributed by atoms with E-state index in [1.165, 1.54) is 13.0 Å². The minimum atomic E-state index is -1.54. The highest BCUT2D eigenvalue weighted by molar-refractivity contribution is 5.91. The molecule has 0 aromatic rings. The van der Waals surface area contributed by atoms with Crippen LogP contribution in [-0.4, -0.2) is 113 Å². The number of aliphatic hydroxyl groups excluding tert-OH is 2. The zero-order valence-electron chi connectivity index (χ0n) is 26.3. The van der Waals surface area contributed by atoms with Gasteiger partial charge < -0.3 is 44.0 Å². The van der Waals surface area contributed by atoms with Crippen LogP contribution in [0, 0.1) is 17.8 Å². The van der Waals surface area contributed by atoms with Crippen LogP contribution in [-0.2, 0) is 33.3 Å². The Morgan fingerprint density at radius 3 is 2.40 bits per heavy atom. The van der Waals surface area contributed by atoms with Crippen molar-refractivity contribution >= 4 is 18.0 Å². The van der Waals surface area contributed by atoms with Crippen LogP contribution in [0.3, 0.4) is 0 Å². The Balaban J connectivity index is 1.98. The van der Waals surface area contributed by atoms with Crippen LogP contribution in [0.5, 0.6) is 0 Å². The molecule has 11 heteroatoms. The molecule has 42 heavy (non-hydrogen) atoms. The van der Waals surface area contributed by atoms with Crippen molar-refractivity contribution in [2.75, 3.05) is 14.1 Å². The fraction of sp³-hybridized carbons (Fsp3) is 0.839. The number of likely N-dealkylation sites (N-methyl/N-ethyl adjacent to an activating group) is 1. The second-order valence-corrected chi connectivity index (χ2v) is 13.1. The van der Waals surface area contributed by atoms with E-state index in [4.69, 9.17) is 18.9 Å². The Bertz CT molecular complexity index is 985. The fourth-order valence-corrected chi connectivity index (χ4v) is 6.56. The fourth-order valence-electron chi connectivity index (χ4n) is 6.56. The van der Waals surface area contributed by atoms with Gasteiger partial charge in [0.1, 0.15) is 35.8 Å². The average molecular weight is 598 g/mol. The van der Waals surface area contributed by atoms with Crippen LogP contribution < -0.4 is 0 Å². The van der Waals surface area contributed by atoms with Gasteiger partial charge in [0.2, 0.25) is 0 Å². The maximum absolute atomic E-state index is 13.2. The number of esters is 1. The van der Waals surface area contributed by atoms with E-state index in [0.717, 1.165) is 6.29 Å². The molecular formula is C31H51NO10. The Morgan fingerprint density at radius 1 is 1.14 bits per heavy atom. The number of aliphatic hydroxyl groups is 3. The van der Waals surface area contributed by atoms with Gasteiger partial charge in [0, 0.05) is 24.3 Å². The lowest BCUT2D eigenvalue weighted by Crippen LogP contribution is -2.56. The second-order valence-electron chi connectivity index (χ2n) is 13.1. The molecule has 11 nitrogen and oxygen atoms in total. The average Bonchev–Trinajstić information content (AvgIpc) is 3.61. The van der Waals surface area contributed by atoms with E-state index in [0.29, 0.717) is 12.8 Å². The number of carbonyl (C=O) groups is 3. The molecule has 13 atom stereocenters. The summed E-state index contributed by atoms with van der Waals surface area (Å²) in [4.78, 5) is 40.0. The van der Waals surface area contributed by atoms with Gasteiger partial charge >= 0.3 is 5.97 Å². The summed E-state index contributed by atoms with van der Waals surface area (Å²) < 4.78 is 23.9. The van der Waals surface area contributed by atoms with Gasteiger partial charge in [-0.15, -0.1) is 0 Å². The molecular weight excluding hydrogens is 546 g/mol. The van der Waals surface area contributed by atoms with Crippen molar-refractivity contribution in [3.05, 3.63) is 12.2 Å². The highest BCUT2D eigenvalue weighted by Crippen LogP contribution is 2.47. The van der Waals surface area contributed by atoms with Crippen molar-refractivity contribution in [3.63, 3.8) is 0 Å². The molecule has 0 aromatic heterocycles. The molecule has 3 N–H and O–H groups in total. The normalized spacial score (nSPS) is 46.5. The Labute approximate surface area is 249 Å². The predicted molar refractivity (Wildman–Crippen MR) is 153 cm³/mol. The first-order chi connectivity index (χ1) is 19.5. The number of cyclic esters (lactones) is 1. The summed E-state index contributed by atoms with van der Waals surface area (Å²) in [6.07, 6.45) is -1.41. The third-order valence-electron chi connectivity index (χ3n) is 9.31. The second kappa shape index (κ2) is 13.9. The summed E-state index contributed by atoms with van der Waals surface area (Å²) in [7, 11) is 3.72. The molecule has 0 bridgehead atoms. The van der Waals surface area contributed by atoms with E-state index in [2.05, 4.69) is 0 Å². The molecule has 0 radical (unpaired) electrons. The number of carbonyl (C=O) groups excluding carboxylic acids is 3. The minimum Gasteiger partial charge on any atom is -0.459 e. The van der Waals surface area contributed by atoms with Crippen LogP contribution in [0.4, 0.5) is 0 Å². The number of epoxide rings is 1. The largest absolute Gasteiger partial charge is 0.459 e. The highest BCUT2D eigenvalue weighted by Gasteiger charge is 2.63. The maximum atomic E-state index is 13.2. The molecule has 3 rings (SSSR count). The van der Waals surface area contributed by atoms with E-state index >= 15 is 0 Å². The lowest BCUT2D eigenvalue weighted by molar-refractivity contribution is -0.283. The molecule has 0 amide bonds. The summed E-state index contributed by atoms with van der Waals surface area (Å²) in [5, 5.41) is 33.7. The van der Waals surface area contributed by atoms with Gasteiger partial charge in [-0.05, 0) is 72.2 Å². The first-order valence-corrected chi connectivity index (χ1v) is 15.1.